The van der Waals surface area contributed by atoms with Gasteiger partial charge in [-0.3, -0.25) is 4.98 Å². The van der Waals surface area contributed by atoms with Crippen LogP contribution in [0, 0.1) is 5.82 Å². The van der Waals surface area contributed by atoms with Crippen molar-refractivity contribution in [1.82, 2.24) is 4.98 Å². The van der Waals surface area contributed by atoms with E-state index >= 15 is 0 Å². The first-order chi connectivity index (χ1) is 9.76. The summed E-state index contributed by atoms with van der Waals surface area (Å²) in [5.41, 5.74) is 2.40. The predicted octanol–water partition coefficient (Wildman–Crippen LogP) is 4.13. The summed E-state index contributed by atoms with van der Waals surface area (Å²) < 4.78 is 18.4. The van der Waals surface area contributed by atoms with Gasteiger partial charge in [-0.2, -0.15) is 0 Å². The van der Waals surface area contributed by atoms with E-state index in [1.54, 1.807) is 19.4 Å². The molecule has 0 bridgehead atoms. The lowest BCUT2D eigenvalue weighted by Crippen LogP contribution is -1.93. The first-order valence-corrected chi connectivity index (χ1v) is 6.21. The van der Waals surface area contributed by atoms with Gasteiger partial charge in [0.2, 0.25) is 0 Å². The number of nitrogens with zero attached hydrogens (tertiary/aromatic N) is 1. The first kappa shape index (κ1) is 12.4. The molecule has 2 aromatic carbocycles. The van der Waals surface area contributed by atoms with Crippen LogP contribution in [0.4, 0.5) is 15.8 Å². The van der Waals surface area contributed by atoms with Gasteiger partial charge >= 0.3 is 0 Å². The normalized spacial score (nSPS) is 10.5. The van der Waals surface area contributed by atoms with Crippen LogP contribution in [0.3, 0.4) is 0 Å². The number of nitrogens with one attached hydrogen (secondary N) is 1. The van der Waals surface area contributed by atoms with E-state index in [2.05, 4.69) is 10.3 Å². The molecule has 1 heterocycles. The quantitative estimate of drug-likeness (QED) is 0.775. The molecule has 20 heavy (non-hydrogen) atoms. The highest BCUT2D eigenvalue weighted by atomic mass is 19.1. The van der Waals surface area contributed by atoms with Crippen LogP contribution >= 0.6 is 0 Å². The third-order valence-electron chi connectivity index (χ3n) is 3.05. The average molecular weight is 268 g/mol. The van der Waals surface area contributed by atoms with Crippen LogP contribution in [0.15, 0.2) is 54.7 Å². The molecule has 3 rings (SSSR count). The van der Waals surface area contributed by atoms with Crippen molar-refractivity contribution in [2.45, 2.75) is 0 Å². The van der Waals surface area contributed by atoms with Gasteiger partial charge in [-0.25, -0.2) is 4.39 Å². The Morgan fingerprint density at radius 2 is 2.00 bits per heavy atom. The van der Waals surface area contributed by atoms with Gasteiger partial charge in [0, 0.05) is 35.1 Å². The van der Waals surface area contributed by atoms with Crippen LogP contribution in [0.1, 0.15) is 0 Å². The molecule has 0 fully saturated rings. The Morgan fingerprint density at radius 1 is 1.10 bits per heavy atom. The second-order valence-corrected chi connectivity index (χ2v) is 4.38. The molecule has 0 atom stereocenters. The highest BCUT2D eigenvalue weighted by Crippen LogP contribution is 2.27. The number of halogens is 1. The van der Waals surface area contributed by atoms with Crippen molar-refractivity contribution in [2.75, 3.05) is 12.4 Å². The van der Waals surface area contributed by atoms with Gasteiger partial charge in [-0.1, -0.05) is 6.07 Å². The molecule has 100 valence electrons. The topological polar surface area (TPSA) is 34.1 Å². The zero-order valence-corrected chi connectivity index (χ0v) is 10.9. The molecule has 3 nitrogen and oxygen atoms in total. The summed E-state index contributed by atoms with van der Waals surface area (Å²) in [5.74, 6) is 0.489. The standard InChI is InChI=1S/C16H13FN2O/c1-20-13-4-2-3-12(10-13)19-15-7-8-18-16-9-11(17)5-6-14(15)16/h2-10H,1H3,(H,18,19). The summed E-state index contributed by atoms with van der Waals surface area (Å²) in [7, 11) is 1.63. The Labute approximate surface area is 116 Å². The van der Waals surface area contributed by atoms with Crippen molar-refractivity contribution in [3.05, 3.63) is 60.5 Å². The van der Waals surface area contributed by atoms with Crippen molar-refractivity contribution in [1.29, 1.82) is 0 Å². The number of hydrogen-bond acceptors (Lipinski definition) is 3. The van der Waals surface area contributed by atoms with Crippen LogP contribution in [0.2, 0.25) is 0 Å². The van der Waals surface area contributed by atoms with Gasteiger partial charge in [0.15, 0.2) is 0 Å². The molecule has 0 aliphatic carbocycles. The van der Waals surface area contributed by atoms with E-state index in [-0.39, 0.29) is 5.82 Å². The van der Waals surface area contributed by atoms with Gasteiger partial charge in [0.05, 0.1) is 12.6 Å². The third kappa shape index (κ3) is 2.40. The van der Waals surface area contributed by atoms with Crippen molar-refractivity contribution >= 4 is 22.3 Å². The summed E-state index contributed by atoms with van der Waals surface area (Å²) in [6.45, 7) is 0. The van der Waals surface area contributed by atoms with Crippen LogP contribution in [0.5, 0.6) is 5.75 Å². The second-order valence-electron chi connectivity index (χ2n) is 4.38. The highest BCUT2D eigenvalue weighted by molar-refractivity contribution is 5.92. The van der Waals surface area contributed by atoms with E-state index in [1.165, 1.54) is 12.1 Å². The smallest absolute Gasteiger partial charge is 0.125 e. The zero-order valence-electron chi connectivity index (χ0n) is 10.9. The predicted molar refractivity (Wildman–Crippen MR) is 78.0 cm³/mol. The summed E-state index contributed by atoms with van der Waals surface area (Å²) in [4.78, 5) is 4.17. The second kappa shape index (κ2) is 5.17. The number of anilines is 2. The number of ether oxygens (including phenoxy) is 1. The SMILES string of the molecule is COc1cccc(Nc2ccnc3cc(F)ccc23)c1. The van der Waals surface area contributed by atoms with Crippen molar-refractivity contribution in [3.8, 4) is 5.75 Å². The number of pyridine rings is 1. The molecular formula is C16H13FN2O. The van der Waals surface area contributed by atoms with Crippen LogP contribution in [-0.4, -0.2) is 12.1 Å². The van der Waals surface area contributed by atoms with E-state index in [9.17, 15) is 4.39 Å². The van der Waals surface area contributed by atoms with Crippen LogP contribution in [0.25, 0.3) is 10.9 Å². The van der Waals surface area contributed by atoms with Crippen LogP contribution < -0.4 is 10.1 Å². The van der Waals surface area contributed by atoms with Crippen LogP contribution in [-0.2, 0) is 0 Å². The molecule has 3 aromatic rings. The Kier molecular flexibility index (Phi) is 3.21. The molecule has 0 radical (unpaired) electrons. The minimum absolute atomic E-state index is 0.288. The van der Waals surface area contributed by atoms with E-state index in [1.807, 2.05) is 30.3 Å². The van der Waals surface area contributed by atoms with E-state index in [4.69, 9.17) is 4.74 Å². The summed E-state index contributed by atoms with van der Waals surface area (Å²) >= 11 is 0. The maximum absolute atomic E-state index is 13.2. The van der Waals surface area contributed by atoms with Gasteiger partial charge < -0.3 is 10.1 Å². The molecular weight excluding hydrogens is 255 g/mol. The first-order valence-electron chi connectivity index (χ1n) is 6.21. The fraction of sp³-hybridized carbons (Fsp3) is 0.0625. The van der Waals surface area contributed by atoms with Crippen molar-refractivity contribution in [3.63, 3.8) is 0 Å². The molecule has 0 saturated heterocycles. The Bertz CT molecular complexity index is 758. The zero-order chi connectivity index (χ0) is 13.9. The van der Waals surface area contributed by atoms with Crippen molar-refractivity contribution < 1.29 is 9.13 Å². The maximum Gasteiger partial charge on any atom is 0.125 e. The molecule has 0 spiro atoms. The molecule has 0 aliphatic rings. The fourth-order valence-corrected chi connectivity index (χ4v) is 2.09. The molecule has 0 aliphatic heterocycles. The van der Waals surface area contributed by atoms with Crippen molar-refractivity contribution in [2.24, 2.45) is 0 Å². The average Bonchev–Trinajstić information content (AvgIpc) is 2.47. The molecule has 0 unspecified atom stereocenters. The minimum atomic E-state index is -0.288. The summed E-state index contributed by atoms with van der Waals surface area (Å²) in [5, 5.41) is 4.17. The molecule has 0 saturated carbocycles. The number of rotatable bonds is 3. The van der Waals surface area contributed by atoms with E-state index in [0.717, 1.165) is 22.5 Å². The lowest BCUT2D eigenvalue weighted by molar-refractivity contribution is 0.415. The minimum Gasteiger partial charge on any atom is -0.497 e. The Balaban J connectivity index is 2.02. The molecule has 1 N–H and O–H groups in total. The van der Waals surface area contributed by atoms with Gasteiger partial charge in [0.1, 0.15) is 11.6 Å². The lowest BCUT2D eigenvalue weighted by Gasteiger charge is -2.10. The number of hydrogen-bond donors (Lipinski definition) is 1. The van der Waals surface area contributed by atoms with Gasteiger partial charge in [-0.05, 0) is 30.3 Å². The molecule has 4 heteroatoms. The maximum atomic E-state index is 13.2. The van der Waals surface area contributed by atoms with Gasteiger partial charge in [-0.15, -0.1) is 0 Å². The fourth-order valence-electron chi connectivity index (χ4n) is 2.09. The number of aromatic nitrogens is 1. The number of methoxy groups -OCH3 is 1. The van der Waals surface area contributed by atoms with E-state index in [0.29, 0.717) is 5.52 Å². The third-order valence-corrected chi connectivity index (χ3v) is 3.05. The summed E-state index contributed by atoms with van der Waals surface area (Å²) in [6, 6.07) is 14.1. The Morgan fingerprint density at radius 3 is 2.85 bits per heavy atom. The summed E-state index contributed by atoms with van der Waals surface area (Å²) in [6.07, 6.45) is 1.66. The molecule has 0 amide bonds. The monoisotopic (exact) mass is 268 g/mol. The molecule has 1 aromatic heterocycles. The number of benzene rings is 2. The highest BCUT2D eigenvalue weighted by Gasteiger charge is 2.04. The Hall–Kier alpha value is -2.62. The van der Waals surface area contributed by atoms with Gasteiger partial charge in [0.25, 0.3) is 0 Å². The number of fused-ring (bicyclic) bond motifs is 1. The largest absolute Gasteiger partial charge is 0.497 e. The lowest BCUT2D eigenvalue weighted by atomic mass is 10.1. The van der Waals surface area contributed by atoms with E-state index < -0.39 is 0 Å².